The monoisotopic (exact) mass is 357 g/mol. The molecule has 0 saturated heterocycles. The van der Waals surface area contributed by atoms with Crippen molar-refractivity contribution < 1.29 is 19.1 Å². The maximum atomic E-state index is 12.4. The molecule has 0 fully saturated rings. The highest BCUT2D eigenvalue weighted by molar-refractivity contribution is 6.01. The van der Waals surface area contributed by atoms with E-state index in [9.17, 15) is 14.4 Å². The molecule has 0 unspecified atom stereocenters. The lowest BCUT2D eigenvalue weighted by Gasteiger charge is -2.16. The zero-order valence-corrected chi connectivity index (χ0v) is 15.3. The molecule has 0 aliphatic rings. The fraction of sp³-hybridized carbons (Fsp3) is 0.368. The van der Waals surface area contributed by atoms with Crippen molar-refractivity contribution in [2.75, 3.05) is 5.32 Å². The van der Waals surface area contributed by atoms with Gasteiger partial charge in [0, 0.05) is 29.6 Å². The smallest absolute Gasteiger partial charge is 0.331 e. The van der Waals surface area contributed by atoms with Crippen LogP contribution in [0.2, 0.25) is 0 Å². The molecule has 2 atom stereocenters. The number of hydrogen-bond donors (Lipinski definition) is 1. The first kappa shape index (κ1) is 19.4. The Morgan fingerprint density at radius 3 is 2.27 bits per heavy atom. The Hall–Kier alpha value is -2.96. The zero-order chi connectivity index (χ0) is 19.3. The number of aromatic nitrogens is 2. The zero-order valence-electron chi connectivity index (χ0n) is 15.3. The molecule has 26 heavy (non-hydrogen) atoms. The number of Topliss-reactive ketones (excluding diaryl/α,β-unsaturated/α-hetero) is 1. The Balaban J connectivity index is 1.97. The average Bonchev–Trinajstić information content (AvgIpc) is 3.15. The minimum atomic E-state index is -0.920. The van der Waals surface area contributed by atoms with E-state index in [-0.39, 0.29) is 17.6 Å². The first-order valence-corrected chi connectivity index (χ1v) is 8.44. The molecule has 0 aliphatic heterocycles. The van der Waals surface area contributed by atoms with Crippen LogP contribution in [0.1, 0.15) is 44.1 Å². The van der Waals surface area contributed by atoms with Crippen LogP contribution in [0, 0.1) is 5.92 Å². The normalized spacial score (nSPS) is 13.1. The molecule has 0 bridgehead atoms. The predicted molar refractivity (Wildman–Crippen MR) is 96.7 cm³/mol. The molecular weight excluding hydrogens is 334 g/mol. The van der Waals surface area contributed by atoms with E-state index in [0.717, 1.165) is 0 Å². The summed E-state index contributed by atoms with van der Waals surface area (Å²) in [4.78, 5) is 36.3. The molecule has 0 radical (unpaired) electrons. The summed E-state index contributed by atoms with van der Waals surface area (Å²) >= 11 is 0. The molecule has 7 nitrogen and oxygen atoms in total. The van der Waals surface area contributed by atoms with Crippen molar-refractivity contribution in [3.63, 3.8) is 0 Å². The predicted octanol–water partition coefficient (Wildman–Crippen LogP) is 2.85. The van der Waals surface area contributed by atoms with Gasteiger partial charge in [0.1, 0.15) is 6.04 Å². The minimum Gasteiger partial charge on any atom is -0.453 e. The molecule has 1 aromatic carbocycles. The second-order valence-corrected chi connectivity index (χ2v) is 6.33. The second kappa shape index (κ2) is 8.42. The van der Waals surface area contributed by atoms with E-state index < -0.39 is 18.1 Å². The second-order valence-electron chi connectivity index (χ2n) is 6.33. The Kier molecular flexibility index (Phi) is 6.27. The summed E-state index contributed by atoms with van der Waals surface area (Å²) in [6, 6.07) is 7.58. The number of benzene rings is 1. The van der Waals surface area contributed by atoms with Gasteiger partial charge in [-0.25, -0.2) is 4.79 Å². The van der Waals surface area contributed by atoms with Crippen molar-refractivity contribution in [1.29, 1.82) is 0 Å². The van der Waals surface area contributed by atoms with Crippen LogP contribution in [-0.2, 0) is 14.3 Å². The lowest BCUT2D eigenvalue weighted by atomic mass is 10.1. The van der Waals surface area contributed by atoms with Gasteiger partial charge in [-0.3, -0.25) is 14.3 Å². The quantitative estimate of drug-likeness (QED) is 0.608. The number of carbonyl (C=O) groups excluding carboxylic acids is 3. The molecule has 0 aliphatic carbocycles. The van der Waals surface area contributed by atoms with Gasteiger partial charge >= 0.3 is 5.97 Å². The molecule has 1 heterocycles. The maximum Gasteiger partial charge on any atom is 0.331 e. The first-order chi connectivity index (χ1) is 12.3. The van der Waals surface area contributed by atoms with Crippen LogP contribution in [0.5, 0.6) is 0 Å². The largest absolute Gasteiger partial charge is 0.453 e. The van der Waals surface area contributed by atoms with Crippen molar-refractivity contribution in [3.05, 3.63) is 48.3 Å². The lowest BCUT2D eigenvalue weighted by Crippen LogP contribution is -2.28. The number of nitrogens with zero attached hydrogens (tertiary/aromatic N) is 2. The van der Waals surface area contributed by atoms with Crippen LogP contribution in [0.15, 0.2) is 42.7 Å². The molecule has 2 rings (SSSR count). The Morgan fingerprint density at radius 1 is 1.08 bits per heavy atom. The third kappa shape index (κ3) is 4.78. The number of ether oxygens (including phenoxy) is 1. The van der Waals surface area contributed by atoms with Gasteiger partial charge in [0.2, 0.25) is 11.7 Å². The van der Waals surface area contributed by atoms with E-state index in [2.05, 4.69) is 10.4 Å². The summed E-state index contributed by atoms with van der Waals surface area (Å²) in [5, 5.41) is 6.74. The first-order valence-electron chi connectivity index (χ1n) is 8.44. The van der Waals surface area contributed by atoms with E-state index in [1.165, 1.54) is 11.6 Å². The van der Waals surface area contributed by atoms with Crippen LogP contribution in [0.3, 0.4) is 0 Å². The topological polar surface area (TPSA) is 90.3 Å². The average molecular weight is 357 g/mol. The fourth-order valence-corrected chi connectivity index (χ4v) is 2.18. The lowest BCUT2D eigenvalue weighted by molar-refractivity contribution is -0.150. The highest BCUT2D eigenvalue weighted by atomic mass is 16.5. The van der Waals surface area contributed by atoms with Crippen molar-refractivity contribution >= 4 is 23.3 Å². The molecule has 1 N–H and O–H groups in total. The van der Waals surface area contributed by atoms with Crippen LogP contribution in [-0.4, -0.2) is 33.5 Å². The van der Waals surface area contributed by atoms with Crippen molar-refractivity contribution in [3.8, 4) is 0 Å². The van der Waals surface area contributed by atoms with Gasteiger partial charge in [-0.2, -0.15) is 5.10 Å². The van der Waals surface area contributed by atoms with Gasteiger partial charge in [0.15, 0.2) is 6.10 Å². The number of amides is 1. The Labute approximate surface area is 152 Å². The third-order valence-electron chi connectivity index (χ3n) is 3.89. The molecular formula is C19H23N3O4. The summed E-state index contributed by atoms with van der Waals surface area (Å²) in [5.74, 6) is -1.07. The molecule has 7 heteroatoms. The molecule has 0 spiro atoms. The number of carbonyl (C=O) groups is 3. The van der Waals surface area contributed by atoms with Crippen molar-refractivity contribution in [2.24, 2.45) is 5.92 Å². The summed E-state index contributed by atoms with van der Waals surface area (Å²) in [6.45, 7) is 6.78. The fourth-order valence-electron chi connectivity index (χ4n) is 2.18. The van der Waals surface area contributed by atoms with Crippen molar-refractivity contribution in [1.82, 2.24) is 9.78 Å². The summed E-state index contributed by atoms with van der Waals surface area (Å²) in [7, 11) is 0. The number of ketones is 1. The van der Waals surface area contributed by atoms with Crippen LogP contribution in [0.4, 0.5) is 5.69 Å². The molecule has 138 valence electrons. The van der Waals surface area contributed by atoms with E-state index in [0.29, 0.717) is 11.3 Å². The number of rotatable bonds is 7. The van der Waals surface area contributed by atoms with Gasteiger partial charge in [-0.1, -0.05) is 13.8 Å². The van der Waals surface area contributed by atoms with Gasteiger partial charge in [0.25, 0.3) is 0 Å². The SMILES string of the molecule is CC(C)C(=O)Nc1ccc(C(=O)[C@H](C)OC(=O)[C@@H](C)n2cccn2)cc1. The van der Waals surface area contributed by atoms with Gasteiger partial charge < -0.3 is 10.1 Å². The van der Waals surface area contributed by atoms with E-state index in [1.54, 1.807) is 63.5 Å². The number of nitrogens with one attached hydrogen (secondary N) is 1. The summed E-state index contributed by atoms with van der Waals surface area (Å²) in [6.07, 6.45) is 2.30. The summed E-state index contributed by atoms with van der Waals surface area (Å²) in [5.41, 5.74) is 1.01. The highest BCUT2D eigenvalue weighted by Crippen LogP contribution is 2.15. The summed E-state index contributed by atoms with van der Waals surface area (Å²) < 4.78 is 6.72. The van der Waals surface area contributed by atoms with E-state index in [4.69, 9.17) is 4.74 Å². The highest BCUT2D eigenvalue weighted by Gasteiger charge is 2.24. The van der Waals surface area contributed by atoms with Crippen LogP contribution >= 0.6 is 0 Å². The number of hydrogen-bond acceptors (Lipinski definition) is 5. The third-order valence-corrected chi connectivity index (χ3v) is 3.89. The molecule has 1 amide bonds. The van der Waals surface area contributed by atoms with E-state index >= 15 is 0 Å². The van der Waals surface area contributed by atoms with Crippen molar-refractivity contribution in [2.45, 2.75) is 39.8 Å². The van der Waals surface area contributed by atoms with Gasteiger partial charge in [0.05, 0.1) is 0 Å². The molecule has 1 aromatic heterocycles. The molecule has 2 aromatic rings. The molecule has 0 saturated carbocycles. The number of anilines is 1. The number of esters is 1. The maximum absolute atomic E-state index is 12.4. The van der Waals surface area contributed by atoms with Crippen LogP contribution in [0.25, 0.3) is 0 Å². The minimum absolute atomic E-state index is 0.0982. The van der Waals surface area contributed by atoms with Gasteiger partial charge in [-0.15, -0.1) is 0 Å². The van der Waals surface area contributed by atoms with E-state index in [1.807, 2.05) is 0 Å². The standard InChI is InChI=1S/C19H23N3O4/c1-12(2)18(24)21-16-8-6-15(7-9-16)17(23)14(4)26-19(25)13(3)22-11-5-10-20-22/h5-14H,1-4H3,(H,21,24)/t13-,14+/m1/s1. The van der Waals surface area contributed by atoms with Gasteiger partial charge in [-0.05, 0) is 44.2 Å². The Morgan fingerprint density at radius 2 is 1.73 bits per heavy atom. The Bertz CT molecular complexity index is 767. The van der Waals surface area contributed by atoms with Crippen LogP contribution < -0.4 is 5.32 Å².